The van der Waals surface area contributed by atoms with E-state index in [1.54, 1.807) is 5.57 Å². The Balaban J connectivity index is 1.95. The smallest absolute Gasteiger partial charge is 0.00538 e. The van der Waals surface area contributed by atoms with Crippen molar-refractivity contribution in [2.75, 3.05) is 0 Å². The van der Waals surface area contributed by atoms with Crippen molar-refractivity contribution in [1.82, 2.24) is 0 Å². The monoisotopic (exact) mass is 488 g/mol. The van der Waals surface area contributed by atoms with E-state index < -0.39 is 0 Å². The molecule has 0 aliphatic heterocycles. The van der Waals surface area contributed by atoms with Gasteiger partial charge >= 0.3 is 0 Å². The van der Waals surface area contributed by atoms with Gasteiger partial charge in [0, 0.05) is 5.25 Å². The highest BCUT2D eigenvalue weighted by Crippen LogP contribution is 2.64. The van der Waals surface area contributed by atoms with E-state index in [1.165, 1.54) is 77.0 Å². The number of hydrogen-bond donors (Lipinski definition) is 1. The highest BCUT2D eigenvalue weighted by molar-refractivity contribution is 7.80. The van der Waals surface area contributed by atoms with Crippen molar-refractivity contribution in [3.05, 3.63) is 11.6 Å². The molecule has 0 aromatic carbocycles. The summed E-state index contributed by atoms with van der Waals surface area (Å²) < 4.78 is 0. The van der Waals surface area contributed by atoms with Crippen LogP contribution in [0, 0.1) is 58.7 Å². The van der Waals surface area contributed by atoms with Crippen LogP contribution in [0.3, 0.4) is 0 Å². The summed E-state index contributed by atoms with van der Waals surface area (Å²) in [7, 11) is 0. The fourth-order valence-electron chi connectivity index (χ4n) is 9.23. The minimum atomic E-state index is 0.532. The molecule has 0 aromatic rings. The second kappa shape index (κ2) is 12.6. The van der Waals surface area contributed by atoms with Crippen LogP contribution in [-0.4, -0.2) is 5.25 Å². The predicted molar refractivity (Wildman–Crippen MR) is 155 cm³/mol. The number of fused-ring (bicyclic) bond motifs is 3. The lowest BCUT2D eigenvalue weighted by atomic mass is 9.57. The van der Waals surface area contributed by atoms with Gasteiger partial charge in [0.15, 0.2) is 0 Å². The molecule has 2 fully saturated rings. The summed E-state index contributed by atoms with van der Waals surface area (Å²) in [5, 5.41) is 0.560. The average molecular weight is 489 g/mol. The third kappa shape index (κ3) is 6.69. The minimum Gasteiger partial charge on any atom is -0.176 e. The van der Waals surface area contributed by atoms with E-state index >= 15 is 0 Å². The van der Waals surface area contributed by atoms with Crippen molar-refractivity contribution in [3.63, 3.8) is 0 Å². The van der Waals surface area contributed by atoms with Gasteiger partial charge in [-0.2, -0.15) is 12.6 Å². The van der Waals surface area contributed by atoms with Crippen molar-refractivity contribution in [1.29, 1.82) is 0 Å². The van der Waals surface area contributed by atoms with Crippen molar-refractivity contribution in [3.8, 4) is 0 Å². The molecule has 3 aliphatic carbocycles. The Morgan fingerprint density at radius 2 is 1.68 bits per heavy atom. The second-order valence-corrected chi connectivity index (χ2v) is 15.1. The summed E-state index contributed by atoms with van der Waals surface area (Å²) in [6.45, 7) is 20.2. The zero-order valence-electron chi connectivity index (χ0n) is 24.3. The number of rotatable bonds is 7. The molecule has 0 bridgehead atoms. The summed E-state index contributed by atoms with van der Waals surface area (Å²) >= 11 is 4.98. The van der Waals surface area contributed by atoms with Gasteiger partial charge in [-0.05, 0) is 111 Å². The van der Waals surface area contributed by atoms with Crippen molar-refractivity contribution in [2.24, 2.45) is 58.7 Å². The molecule has 34 heavy (non-hydrogen) atoms. The summed E-state index contributed by atoms with van der Waals surface area (Å²) in [4.78, 5) is 0. The molecule has 3 rings (SSSR count). The zero-order valence-corrected chi connectivity index (χ0v) is 25.2. The van der Waals surface area contributed by atoms with Gasteiger partial charge < -0.3 is 0 Å². The summed E-state index contributed by atoms with van der Waals surface area (Å²) in [5.74, 6) is 7.84. The predicted octanol–water partition coefficient (Wildman–Crippen LogP) is 10.6. The molecule has 4 unspecified atom stereocenters. The number of thiol groups is 1. The van der Waals surface area contributed by atoms with Crippen LogP contribution in [0.2, 0.25) is 0 Å². The van der Waals surface area contributed by atoms with E-state index in [1.807, 2.05) is 0 Å². The Morgan fingerprint density at radius 3 is 2.35 bits per heavy atom. The van der Waals surface area contributed by atoms with Gasteiger partial charge in [0.1, 0.15) is 0 Å². The van der Waals surface area contributed by atoms with Crippen LogP contribution >= 0.6 is 12.6 Å². The molecule has 9 atom stereocenters. The summed E-state index contributed by atoms with van der Waals surface area (Å²) in [6.07, 6.45) is 19.7. The standard InChI is InChI=1S/C33H60S/c1-22(2)11-9-12-25(6)30-17-18-31-32-27(16-15-26(7)33(30,31)8)13-10-14-29(34)21-24(5)20-28(32)19-23(3)4/h20,22-23,25-32,34H,9-19,21H2,1-8H3/b24-20+/t25-,26+,27?,28?,29+,30-,31?,32?,33+/m1/s1. The molecule has 0 nitrogen and oxygen atoms in total. The maximum Gasteiger partial charge on any atom is 0.00538 e. The highest BCUT2D eigenvalue weighted by atomic mass is 32.1. The fourth-order valence-corrected chi connectivity index (χ4v) is 9.70. The molecule has 2 saturated carbocycles. The third-order valence-corrected chi connectivity index (χ3v) is 11.4. The maximum absolute atomic E-state index is 4.98. The van der Waals surface area contributed by atoms with E-state index in [9.17, 15) is 0 Å². The zero-order chi connectivity index (χ0) is 25.0. The largest absolute Gasteiger partial charge is 0.176 e. The van der Waals surface area contributed by atoms with Gasteiger partial charge in [-0.25, -0.2) is 0 Å². The summed E-state index contributed by atoms with van der Waals surface area (Å²) in [6, 6.07) is 0. The molecule has 0 spiro atoms. The van der Waals surface area contributed by atoms with Crippen LogP contribution in [-0.2, 0) is 0 Å². The summed E-state index contributed by atoms with van der Waals surface area (Å²) in [5.41, 5.74) is 2.16. The molecular weight excluding hydrogens is 428 g/mol. The maximum atomic E-state index is 4.98. The van der Waals surface area contributed by atoms with Crippen LogP contribution in [0.15, 0.2) is 11.6 Å². The molecule has 0 saturated heterocycles. The van der Waals surface area contributed by atoms with Crippen molar-refractivity contribution >= 4 is 12.6 Å². The lowest BCUT2D eigenvalue weighted by molar-refractivity contribution is 0.00704. The molecule has 0 heterocycles. The van der Waals surface area contributed by atoms with E-state index in [-0.39, 0.29) is 0 Å². The van der Waals surface area contributed by atoms with Gasteiger partial charge in [-0.1, -0.05) is 92.2 Å². The molecule has 0 aromatic heterocycles. The van der Waals surface area contributed by atoms with E-state index in [4.69, 9.17) is 12.6 Å². The topological polar surface area (TPSA) is 0 Å². The van der Waals surface area contributed by atoms with Gasteiger partial charge in [-0.15, -0.1) is 0 Å². The van der Waals surface area contributed by atoms with E-state index in [0.29, 0.717) is 10.7 Å². The Kier molecular flexibility index (Phi) is 10.6. The Morgan fingerprint density at radius 1 is 0.941 bits per heavy atom. The minimum absolute atomic E-state index is 0.532. The molecule has 1 heteroatoms. The van der Waals surface area contributed by atoms with Gasteiger partial charge in [0.05, 0.1) is 0 Å². The van der Waals surface area contributed by atoms with Crippen molar-refractivity contribution < 1.29 is 0 Å². The molecular formula is C33H60S. The third-order valence-electron chi connectivity index (χ3n) is 11.0. The van der Waals surface area contributed by atoms with Gasteiger partial charge in [0.2, 0.25) is 0 Å². The molecule has 0 N–H and O–H groups in total. The Hall–Kier alpha value is 0.0900. The first-order valence-corrected chi connectivity index (χ1v) is 15.9. The van der Waals surface area contributed by atoms with Gasteiger partial charge in [0.25, 0.3) is 0 Å². The van der Waals surface area contributed by atoms with Crippen LogP contribution in [0.1, 0.15) is 132 Å². The second-order valence-electron chi connectivity index (χ2n) is 14.4. The fraction of sp³-hybridized carbons (Fsp3) is 0.939. The average Bonchev–Trinajstić information content (AvgIpc) is 3.03. The molecule has 198 valence electrons. The van der Waals surface area contributed by atoms with E-state index in [2.05, 4.69) is 61.5 Å². The number of hydrogen-bond acceptors (Lipinski definition) is 1. The van der Waals surface area contributed by atoms with Crippen molar-refractivity contribution in [2.45, 2.75) is 138 Å². The Labute approximate surface area is 220 Å². The quantitative estimate of drug-likeness (QED) is 0.267. The SMILES string of the molecule is C/C1=C\C(CC(C)C)C2C(CCC[C@H](S)C1)CC[C@H](C)[C@]1(C)C2CC[C@@H]1[C@H](C)CCCC(C)C. The Bertz CT molecular complexity index is 647. The first kappa shape index (κ1) is 28.7. The molecule has 3 aliphatic rings. The van der Waals surface area contributed by atoms with Crippen LogP contribution < -0.4 is 0 Å². The lowest BCUT2D eigenvalue weighted by Crippen LogP contribution is -2.42. The van der Waals surface area contributed by atoms with Crippen LogP contribution in [0.5, 0.6) is 0 Å². The first-order chi connectivity index (χ1) is 16.0. The molecule has 0 amide bonds. The number of allylic oxidation sites excluding steroid dienone is 2. The lowest BCUT2D eigenvalue weighted by Gasteiger charge is -2.48. The molecule has 0 radical (unpaired) electrons. The first-order valence-electron chi connectivity index (χ1n) is 15.4. The highest BCUT2D eigenvalue weighted by Gasteiger charge is 2.56. The van der Waals surface area contributed by atoms with E-state index in [0.717, 1.165) is 53.3 Å². The van der Waals surface area contributed by atoms with Gasteiger partial charge in [-0.3, -0.25) is 0 Å². The normalized spacial score (nSPS) is 42.0. The van der Waals surface area contributed by atoms with Crippen LogP contribution in [0.4, 0.5) is 0 Å². The van der Waals surface area contributed by atoms with Crippen LogP contribution in [0.25, 0.3) is 0 Å².